The highest BCUT2D eigenvalue weighted by molar-refractivity contribution is 5.99. The largest absolute Gasteiger partial charge is 0.461 e. The first-order chi connectivity index (χ1) is 13.0. The van der Waals surface area contributed by atoms with Crippen LogP contribution in [0.3, 0.4) is 0 Å². The molecule has 2 aromatic heterocycles. The number of hydrogen-bond donors (Lipinski definition) is 3. The van der Waals surface area contributed by atoms with Crippen LogP contribution in [0, 0.1) is 0 Å². The van der Waals surface area contributed by atoms with Crippen LogP contribution in [0.1, 0.15) is 42.5 Å². The first-order valence-electron chi connectivity index (χ1n) is 8.65. The SMILES string of the molecule is CCOC(=O)c1nn(C2CC2)c2c(=O)n(C3OC(CO)C(O)C3O)nnc12. The smallest absolute Gasteiger partial charge is 0.361 e. The summed E-state index contributed by atoms with van der Waals surface area (Å²) < 4.78 is 12.5. The Hall–Kier alpha value is -2.41. The van der Waals surface area contributed by atoms with Crippen molar-refractivity contribution >= 4 is 17.0 Å². The Bertz CT molecular complexity index is 937. The summed E-state index contributed by atoms with van der Waals surface area (Å²) in [4.78, 5) is 25.2. The third-order valence-corrected chi connectivity index (χ3v) is 4.66. The molecule has 0 bridgehead atoms. The number of nitrogens with zero attached hydrogens (tertiary/aromatic N) is 5. The van der Waals surface area contributed by atoms with E-state index in [0.717, 1.165) is 17.5 Å². The monoisotopic (exact) mass is 381 g/mol. The van der Waals surface area contributed by atoms with Crippen LogP contribution in [-0.2, 0) is 9.47 Å². The molecular formula is C15H19N5O7. The summed E-state index contributed by atoms with van der Waals surface area (Å²) in [5.41, 5.74) is -0.719. The minimum atomic E-state index is -1.48. The van der Waals surface area contributed by atoms with E-state index in [-0.39, 0.29) is 29.4 Å². The maximum atomic E-state index is 13.0. The second-order valence-corrected chi connectivity index (χ2v) is 6.51. The average Bonchev–Trinajstić information content (AvgIpc) is 3.36. The molecule has 0 aromatic carbocycles. The van der Waals surface area contributed by atoms with Crippen LogP contribution >= 0.6 is 0 Å². The third-order valence-electron chi connectivity index (χ3n) is 4.66. The van der Waals surface area contributed by atoms with Gasteiger partial charge in [-0.25, -0.2) is 4.79 Å². The number of esters is 1. The van der Waals surface area contributed by atoms with E-state index in [9.17, 15) is 24.9 Å². The summed E-state index contributed by atoms with van der Waals surface area (Å²) in [7, 11) is 0. The summed E-state index contributed by atoms with van der Waals surface area (Å²) in [6, 6.07) is -0.0359. The summed E-state index contributed by atoms with van der Waals surface area (Å²) in [5, 5.41) is 41.1. The van der Waals surface area contributed by atoms with E-state index in [2.05, 4.69) is 15.4 Å². The second-order valence-electron chi connectivity index (χ2n) is 6.51. The number of rotatable bonds is 5. The maximum absolute atomic E-state index is 13.0. The van der Waals surface area contributed by atoms with E-state index in [4.69, 9.17) is 9.47 Å². The highest BCUT2D eigenvalue weighted by atomic mass is 16.6. The zero-order chi connectivity index (χ0) is 19.3. The molecule has 4 atom stereocenters. The Labute approximate surface area is 151 Å². The Morgan fingerprint density at radius 2 is 2.04 bits per heavy atom. The first-order valence-corrected chi connectivity index (χ1v) is 8.65. The highest BCUT2D eigenvalue weighted by Crippen LogP contribution is 2.36. The van der Waals surface area contributed by atoms with Gasteiger partial charge in [-0.05, 0) is 19.8 Å². The lowest BCUT2D eigenvalue weighted by Gasteiger charge is -2.15. The fourth-order valence-electron chi connectivity index (χ4n) is 3.13. The number of carbonyl (C=O) groups excluding carboxylic acids is 1. The normalized spacial score (nSPS) is 28.0. The molecule has 1 aliphatic carbocycles. The van der Waals surface area contributed by atoms with Gasteiger partial charge in [0.1, 0.15) is 18.3 Å². The predicted octanol–water partition coefficient (Wildman–Crippen LogP) is -1.89. The predicted molar refractivity (Wildman–Crippen MR) is 86.8 cm³/mol. The number of ether oxygens (including phenoxy) is 2. The zero-order valence-corrected chi connectivity index (χ0v) is 14.4. The minimum absolute atomic E-state index is 0.00773. The molecule has 3 N–H and O–H groups in total. The number of aliphatic hydroxyl groups excluding tert-OH is 3. The van der Waals surface area contributed by atoms with Crippen molar-refractivity contribution in [2.24, 2.45) is 0 Å². The van der Waals surface area contributed by atoms with Crippen molar-refractivity contribution in [2.75, 3.05) is 13.2 Å². The summed E-state index contributed by atoms with van der Waals surface area (Å²) >= 11 is 0. The van der Waals surface area contributed by atoms with E-state index < -0.39 is 42.7 Å². The molecule has 146 valence electrons. The molecule has 0 spiro atoms. The Morgan fingerprint density at radius 1 is 1.30 bits per heavy atom. The molecule has 4 rings (SSSR count). The molecule has 2 fully saturated rings. The quantitative estimate of drug-likeness (QED) is 0.499. The number of hydrogen-bond acceptors (Lipinski definition) is 10. The molecule has 0 amide bonds. The molecule has 1 aliphatic heterocycles. The fraction of sp³-hybridized carbons (Fsp3) is 0.667. The molecule has 12 heteroatoms. The van der Waals surface area contributed by atoms with Gasteiger partial charge in [0.25, 0.3) is 5.56 Å². The van der Waals surface area contributed by atoms with E-state index in [1.807, 2.05) is 0 Å². The van der Waals surface area contributed by atoms with Crippen LogP contribution < -0.4 is 5.56 Å². The molecule has 1 saturated carbocycles. The molecule has 1 saturated heterocycles. The maximum Gasteiger partial charge on any atom is 0.361 e. The molecule has 2 aromatic rings. The lowest BCUT2D eigenvalue weighted by Crippen LogP contribution is -2.37. The number of fused-ring (bicyclic) bond motifs is 1. The van der Waals surface area contributed by atoms with Crippen molar-refractivity contribution in [1.82, 2.24) is 24.8 Å². The Balaban J connectivity index is 1.84. The van der Waals surface area contributed by atoms with Crippen LogP contribution in [0.2, 0.25) is 0 Å². The van der Waals surface area contributed by atoms with Gasteiger partial charge in [-0.3, -0.25) is 9.48 Å². The molecule has 3 heterocycles. The third kappa shape index (κ3) is 2.81. The van der Waals surface area contributed by atoms with Crippen LogP contribution in [-0.4, -0.2) is 77.6 Å². The molecule has 27 heavy (non-hydrogen) atoms. The molecule has 0 radical (unpaired) electrons. The topological polar surface area (TPSA) is 162 Å². The van der Waals surface area contributed by atoms with Gasteiger partial charge in [0.2, 0.25) is 0 Å². The molecule has 4 unspecified atom stereocenters. The van der Waals surface area contributed by atoms with Crippen LogP contribution in [0.5, 0.6) is 0 Å². The molecule has 2 aliphatic rings. The fourth-order valence-corrected chi connectivity index (χ4v) is 3.13. The van der Waals surface area contributed by atoms with Crippen molar-refractivity contribution in [3.05, 3.63) is 16.0 Å². The van der Waals surface area contributed by atoms with E-state index in [0.29, 0.717) is 0 Å². The molecule has 12 nitrogen and oxygen atoms in total. The lowest BCUT2D eigenvalue weighted by molar-refractivity contribution is -0.0619. The zero-order valence-electron chi connectivity index (χ0n) is 14.4. The van der Waals surface area contributed by atoms with Crippen LogP contribution in [0.25, 0.3) is 11.0 Å². The van der Waals surface area contributed by atoms with Crippen molar-refractivity contribution in [3.63, 3.8) is 0 Å². The van der Waals surface area contributed by atoms with E-state index in [1.165, 1.54) is 4.68 Å². The summed E-state index contributed by atoms with van der Waals surface area (Å²) in [5.74, 6) is -0.707. The van der Waals surface area contributed by atoms with Gasteiger partial charge in [-0.15, -0.1) is 5.10 Å². The second kappa shape index (κ2) is 6.64. The summed E-state index contributed by atoms with van der Waals surface area (Å²) in [6.07, 6.45) is -3.64. The van der Waals surface area contributed by atoms with Gasteiger partial charge in [-0.2, -0.15) is 9.78 Å². The van der Waals surface area contributed by atoms with Gasteiger partial charge in [0.05, 0.1) is 19.3 Å². The van der Waals surface area contributed by atoms with Crippen LogP contribution in [0.4, 0.5) is 0 Å². The van der Waals surface area contributed by atoms with E-state index in [1.54, 1.807) is 6.92 Å². The van der Waals surface area contributed by atoms with Crippen molar-refractivity contribution in [2.45, 2.75) is 50.3 Å². The van der Waals surface area contributed by atoms with E-state index >= 15 is 0 Å². The Kier molecular flexibility index (Phi) is 4.42. The van der Waals surface area contributed by atoms with Crippen LogP contribution in [0.15, 0.2) is 4.79 Å². The first kappa shape index (κ1) is 18.0. The van der Waals surface area contributed by atoms with Crippen molar-refractivity contribution in [1.29, 1.82) is 0 Å². The van der Waals surface area contributed by atoms with Crippen molar-refractivity contribution in [3.8, 4) is 0 Å². The minimum Gasteiger partial charge on any atom is -0.461 e. The van der Waals surface area contributed by atoms with Gasteiger partial charge in [-0.1, -0.05) is 5.21 Å². The highest BCUT2D eigenvalue weighted by Gasteiger charge is 2.45. The van der Waals surface area contributed by atoms with Gasteiger partial charge in [0, 0.05) is 0 Å². The van der Waals surface area contributed by atoms with Crippen molar-refractivity contribution < 1.29 is 29.6 Å². The average molecular weight is 381 g/mol. The van der Waals surface area contributed by atoms with Gasteiger partial charge >= 0.3 is 5.97 Å². The number of aromatic nitrogens is 5. The van der Waals surface area contributed by atoms with Gasteiger partial charge in [0.15, 0.2) is 23.0 Å². The Morgan fingerprint density at radius 3 is 2.63 bits per heavy atom. The molecular weight excluding hydrogens is 362 g/mol. The summed E-state index contributed by atoms with van der Waals surface area (Å²) in [6.45, 7) is 1.26. The number of aliphatic hydroxyl groups is 3. The standard InChI is InChI=1S/C15H19N5O7/c1-2-26-15(25)9-8-10(19(17-9)6-3-4-6)13(24)20(18-16-8)14-12(23)11(22)7(5-21)27-14/h6-7,11-12,14,21-23H,2-5H2,1H3. The lowest BCUT2D eigenvalue weighted by atomic mass is 10.1. The number of carbonyl (C=O) groups is 1. The van der Waals surface area contributed by atoms with Gasteiger partial charge < -0.3 is 24.8 Å².